The Labute approximate surface area is 392 Å². The summed E-state index contributed by atoms with van der Waals surface area (Å²) in [6, 6.07) is 0. The van der Waals surface area contributed by atoms with Gasteiger partial charge in [-0.05, 0) is 44.9 Å². The first-order chi connectivity index (χ1) is 31.2. The number of hydrogen-bond acceptors (Lipinski definition) is 10. The van der Waals surface area contributed by atoms with E-state index in [1.165, 1.54) is 128 Å². The highest BCUT2D eigenvalue weighted by molar-refractivity contribution is 7.47. The van der Waals surface area contributed by atoms with Gasteiger partial charge in [0.05, 0.1) is 19.8 Å². The molecule has 0 spiro atoms. The van der Waals surface area contributed by atoms with E-state index >= 15 is 0 Å². The molecule has 0 aliphatic carbocycles. The Hall–Kier alpha value is -1.78. The number of unbranched alkanes of at least 4 members (excludes halogenated alkanes) is 31. The lowest BCUT2D eigenvalue weighted by molar-refractivity contribution is -0.161. The monoisotopic (exact) mass is 931 g/mol. The zero-order valence-electron chi connectivity index (χ0n) is 41.5. The van der Waals surface area contributed by atoms with Gasteiger partial charge in [-0.15, -0.1) is 0 Å². The molecular formula is C52H99O11P. The van der Waals surface area contributed by atoms with Crippen molar-refractivity contribution in [3.05, 3.63) is 12.2 Å². The van der Waals surface area contributed by atoms with Crippen LogP contribution < -0.4 is 0 Å². The number of esters is 3. The molecule has 0 saturated heterocycles. The lowest BCUT2D eigenvalue weighted by Crippen LogP contribution is -2.30. The van der Waals surface area contributed by atoms with Gasteiger partial charge < -0.3 is 24.2 Å². The van der Waals surface area contributed by atoms with Gasteiger partial charge in [-0.1, -0.05) is 213 Å². The zero-order valence-corrected chi connectivity index (χ0v) is 42.4. The van der Waals surface area contributed by atoms with Crippen LogP contribution in [0.25, 0.3) is 0 Å². The maximum Gasteiger partial charge on any atom is 0.472 e. The average molecular weight is 931 g/mol. The van der Waals surface area contributed by atoms with E-state index in [-0.39, 0.29) is 25.9 Å². The highest BCUT2D eigenvalue weighted by atomic mass is 31.2. The van der Waals surface area contributed by atoms with E-state index in [1.807, 2.05) is 0 Å². The molecule has 0 heterocycles. The lowest BCUT2D eigenvalue weighted by Gasteiger charge is -2.21. The van der Waals surface area contributed by atoms with Crippen LogP contribution in [0.15, 0.2) is 12.2 Å². The smallest absolute Gasteiger partial charge is 0.462 e. The predicted molar refractivity (Wildman–Crippen MR) is 261 cm³/mol. The lowest BCUT2D eigenvalue weighted by atomic mass is 10.0. The SMILES string of the molecule is CCCCCC/C=C\CCCCCCCC(=O)OCC(COP(=O)(O)OCC(CO)OC(=O)CCCCCCCCCCC)OC(=O)CCCCCCCCCCCCCCCCC. The van der Waals surface area contributed by atoms with E-state index in [4.69, 9.17) is 23.3 Å². The number of allylic oxidation sites excluding steroid dienone is 2. The molecule has 0 aliphatic heterocycles. The molecule has 0 aromatic carbocycles. The van der Waals surface area contributed by atoms with Gasteiger partial charge in [0.1, 0.15) is 12.7 Å². The molecule has 2 N–H and O–H groups in total. The molecule has 0 aliphatic rings. The van der Waals surface area contributed by atoms with Crippen LogP contribution in [0.1, 0.15) is 265 Å². The maximum absolute atomic E-state index is 12.8. The van der Waals surface area contributed by atoms with Crippen LogP contribution in [0.3, 0.4) is 0 Å². The van der Waals surface area contributed by atoms with E-state index in [2.05, 4.69) is 32.9 Å². The third-order valence-corrected chi connectivity index (χ3v) is 12.6. The minimum atomic E-state index is -4.73. The van der Waals surface area contributed by atoms with E-state index in [1.54, 1.807) is 0 Å². The van der Waals surface area contributed by atoms with Crippen molar-refractivity contribution >= 4 is 25.7 Å². The van der Waals surface area contributed by atoms with Crippen molar-refractivity contribution < 1.29 is 52.2 Å². The summed E-state index contributed by atoms with van der Waals surface area (Å²) in [5.41, 5.74) is 0. The predicted octanol–water partition coefficient (Wildman–Crippen LogP) is 14.9. The Morgan fingerprint density at radius 3 is 1.09 bits per heavy atom. The van der Waals surface area contributed by atoms with Gasteiger partial charge in [0.25, 0.3) is 0 Å². The van der Waals surface area contributed by atoms with Crippen LogP contribution in [0.5, 0.6) is 0 Å². The van der Waals surface area contributed by atoms with Gasteiger partial charge in [0.2, 0.25) is 0 Å². The van der Waals surface area contributed by atoms with Crippen LogP contribution in [0, 0.1) is 0 Å². The molecule has 0 aromatic rings. The number of phosphoric ester groups is 1. The number of rotatable bonds is 50. The first-order valence-corrected chi connectivity index (χ1v) is 28.1. The van der Waals surface area contributed by atoms with E-state index in [9.17, 15) is 28.9 Å². The largest absolute Gasteiger partial charge is 0.472 e. The van der Waals surface area contributed by atoms with Crippen molar-refractivity contribution in [2.24, 2.45) is 0 Å². The summed E-state index contributed by atoms with van der Waals surface area (Å²) in [7, 11) is -4.73. The highest BCUT2D eigenvalue weighted by Gasteiger charge is 2.28. The van der Waals surface area contributed by atoms with Crippen LogP contribution in [0.4, 0.5) is 0 Å². The third kappa shape index (κ3) is 45.4. The Kier molecular flexibility index (Phi) is 46.4. The van der Waals surface area contributed by atoms with Crippen LogP contribution in [0.2, 0.25) is 0 Å². The fourth-order valence-corrected chi connectivity index (χ4v) is 8.37. The Morgan fingerprint density at radius 1 is 0.422 bits per heavy atom. The number of carbonyl (C=O) groups is 3. The minimum absolute atomic E-state index is 0.174. The topological polar surface area (TPSA) is 155 Å². The number of ether oxygens (including phenoxy) is 3. The quantitative estimate of drug-likeness (QED) is 0.0197. The van der Waals surface area contributed by atoms with Crippen LogP contribution in [-0.4, -0.2) is 66.5 Å². The molecule has 3 atom stereocenters. The summed E-state index contributed by atoms with van der Waals surface area (Å²) in [6.45, 7) is 4.62. The molecule has 0 aromatic heterocycles. The van der Waals surface area contributed by atoms with Crippen LogP contribution >= 0.6 is 7.82 Å². The van der Waals surface area contributed by atoms with Crippen molar-refractivity contribution in [2.75, 3.05) is 26.4 Å². The molecule has 0 saturated carbocycles. The van der Waals surface area contributed by atoms with Crippen molar-refractivity contribution in [3.8, 4) is 0 Å². The summed E-state index contributed by atoms with van der Waals surface area (Å²) in [6.07, 6.45) is 43.2. The van der Waals surface area contributed by atoms with Gasteiger partial charge in [-0.2, -0.15) is 0 Å². The highest BCUT2D eigenvalue weighted by Crippen LogP contribution is 2.43. The van der Waals surface area contributed by atoms with Gasteiger partial charge in [0.15, 0.2) is 6.10 Å². The first-order valence-electron chi connectivity index (χ1n) is 26.6. The molecule has 0 rings (SSSR count). The second-order valence-corrected chi connectivity index (χ2v) is 19.5. The van der Waals surface area contributed by atoms with Crippen molar-refractivity contribution in [3.63, 3.8) is 0 Å². The van der Waals surface area contributed by atoms with Gasteiger partial charge in [-0.3, -0.25) is 23.4 Å². The molecule has 64 heavy (non-hydrogen) atoms. The average Bonchev–Trinajstić information content (AvgIpc) is 3.28. The van der Waals surface area contributed by atoms with E-state index in [0.29, 0.717) is 19.3 Å². The zero-order chi connectivity index (χ0) is 47.0. The van der Waals surface area contributed by atoms with E-state index in [0.717, 1.165) is 77.0 Å². The number of aliphatic hydroxyl groups is 1. The first kappa shape index (κ1) is 62.2. The summed E-state index contributed by atoms with van der Waals surface area (Å²) >= 11 is 0. The molecule has 378 valence electrons. The second kappa shape index (κ2) is 47.7. The second-order valence-electron chi connectivity index (χ2n) is 18.1. The number of carbonyl (C=O) groups excluding carboxylic acids is 3. The van der Waals surface area contributed by atoms with Crippen molar-refractivity contribution in [2.45, 2.75) is 277 Å². The number of phosphoric acid groups is 1. The summed E-state index contributed by atoms with van der Waals surface area (Å²) in [5, 5.41) is 9.74. The molecule has 0 amide bonds. The Bertz CT molecular complexity index is 1130. The molecule has 11 nitrogen and oxygen atoms in total. The third-order valence-electron chi connectivity index (χ3n) is 11.7. The van der Waals surface area contributed by atoms with Gasteiger partial charge in [0, 0.05) is 19.3 Å². The molecule has 0 radical (unpaired) electrons. The molecule has 0 fully saturated rings. The summed E-state index contributed by atoms with van der Waals surface area (Å²) < 4.78 is 39.3. The summed E-state index contributed by atoms with van der Waals surface area (Å²) in [5.74, 6) is -1.45. The van der Waals surface area contributed by atoms with Crippen LogP contribution in [-0.2, 0) is 42.2 Å². The summed E-state index contributed by atoms with van der Waals surface area (Å²) in [4.78, 5) is 48.2. The minimum Gasteiger partial charge on any atom is -0.462 e. The molecule has 0 bridgehead atoms. The fraction of sp³-hybridized carbons (Fsp3) is 0.904. The Morgan fingerprint density at radius 2 is 0.719 bits per heavy atom. The molecule has 12 heteroatoms. The normalized spacial score (nSPS) is 13.5. The van der Waals surface area contributed by atoms with Crippen molar-refractivity contribution in [1.29, 1.82) is 0 Å². The maximum atomic E-state index is 12.8. The van der Waals surface area contributed by atoms with Crippen molar-refractivity contribution in [1.82, 2.24) is 0 Å². The molecular weight excluding hydrogens is 832 g/mol. The fourth-order valence-electron chi connectivity index (χ4n) is 7.59. The standard InChI is InChI=1S/C52H99O11P/c1-4-7-10-13-16-19-21-23-24-26-28-31-34-37-40-43-52(56)63-49(45-59-50(54)41-38-35-32-30-27-25-22-20-17-14-11-8-5-2)47-61-64(57,58)60-46-48(44-53)62-51(55)42-39-36-33-29-18-15-12-9-6-3/h20,22,48-49,53H,4-19,21,23-47H2,1-3H3,(H,57,58)/b22-20-. The van der Waals surface area contributed by atoms with E-state index < -0.39 is 57.8 Å². The Balaban J connectivity index is 4.71. The van der Waals surface area contributed by atoms with Gasteiger partial charge in [-0.25, -0.2) is 4.57 Å². The number of hydrogen-bond donors (Lipinski definition) is 2. The van der Waals surface area contributed by atoms with Gasteiger partial charge >= 0.3 is 25.7 Å². The molecule has 3 unspecified atom stereocenters. The number of aliphatic hydroxyl groups excluding tert-OH is 1.